The van der Waals surface area contributed by atoms with E-state index in [0.29, 0.717) is 13.1 Å². The van der Waals surface area contributed by atoms with E-state index in [1.54, 1.807) is 4.31 Å². The third-order valence-corrected chi connectivity index (χ3v) is 3.80. The molecule has 0 radical (unpaired) electrons. The molecule has 3 nitrogen and oxygen atoms in total. The molecular weight excluding hydrogens is 198 g/mol. The van der Waals surface area contributed by atoms with E-state index in [1.807, 2.05) is 0 Å². The van der Waals surface area contributed by atoms with Crippen LogP contribution in [0, 0.1) is 5.41 Å². The van der Waals surface area contributed by atoms with E-state index in [-0.39, 0.29) is 5.41 Å². The lowest BCUT2D eigenvalue weighted by molar-refractivity contribution is 0.378. The van der Waals surface area contributed by atoms with Gasteiger partial charge < -0.3 is 0 Å². The summed E-state index contributed by atoms with van der Waals surface area (Å²) in [6.45, 7) is 7.53. The number of nitrogens with zero attached hydrogens (tertiary/aromatic N) is 1. The van der Waals surface area contributed by atoms with Crippen LogP contribution in [-0.4, -0.2) is 32.1 Å². The molecule has 4 heteroatoms. The molecule has 1 aliphatic heterocycles. The van der Waals surface area contributed by atoms with E-state index in [1.165, 1.54) is 11.8 Å². The molecule has 0 aliphatic carbocycles. The first-order chi connectivity index (χ1) is 6.21. The van der Waals surface area contributed by atoms with Crippen LogP contribution >= 0.6 is 0 Å². The zero-order chi connectivity index (χ0) is 11.0. The topological polar surface area (TPSA) is 37.4 Å². The summed E-state index contributed by atoms with van der Waals surface area (Å²) in [6.07, 6.45) is 4.28. The smallest absolute Gasteiger partial charge is 0.211 e. The molecule has 1 heterocycles. The molecule has 0 aromatic carbocycles. The lowest BCUT2D eigenvalue weighted by Crippen LogP contribution is -2.37. The quantitative estimate of drug-likeness (QED) is 0.626. The van der Waals surface area contributed by atoms with Crippen molar-refractivity contribution in [2.75, 3.05) is 19.3 Å². The molecule has 0 aromatic heterocycles. The Hall–Kier alpha value is -0.350. The predicted molar refractivity (Wildman–Crippen MR) is 58.6 cm³/mol. The van der Waals surface area contributed by atoms with Crippen molar-refractivity contribution in [3.05, 3.63) is 11.6 Å². The molecular formula is C10H19NO2S. The first kappa shape index (κ1) is 11.7. The number of hydrogen-bond donors (Lipinski definition) is 0. The summed E-state index contributed by atoms with van der Waals surface area (Å²) < 4.78 is 24.3. The molecule has 0 atom stereocenters. The van der Waals surface area contributed by atoms with Crippen LogP contribution in [-0.2, 0) is 10.0 Å². The van der Waals surface area contributed by atoms with Crippen molar-refractivity contribution in [3.8, 4) is 0 Å². The fourth-order valence-electron chi connectivity index (χ4n) is 1.54. The minimum Gasteiger partial charge on any atom is -0.212 e. The molecule has 0 N–H and O–H groups in total. The average Bonchev–Trinajstić information content (AvgIpc) is 2.01. The van der Waals surface area contributed by atoms with Gasteiger partial charge in [0.1, 0.15) is 0 Å². The van der Waals surface area contributed by atoms with E-state index in [0.717, 1.165) is 6.42 Å². The molecule has 0 fully saturated rings. The van der Waals surface area contributed by atoms with E-state index >= 15 is 0 Å². The molecule has 0 amide bonds. The maximum absolute atomic E-state index is 11.4. The standard InChI is InChI=1S/C10H19NO2S/c1-10(2,3)9-6-5-7-11(8-9)14(4,12)13/h6H,5,7-8H2,1-4H3. The zero-order valence-corrected chi connectivity index (χ0v) is 10.2. The van der Waals surface area contributed by atoms with Crippen LogP contribution in [0.1, 0.15) is 27.2 Å². The third kappa shape index (κ3) is 2.82. The Bertz CT molecular complexity index is 336. The second-order valence-corrected chi connectivity index (χ2v) is 6.85. The van der Waals surface area contributed by atoms with Gasteiger partial charge in [0.2, 0.25) is 10.0 Å². The van der Waals surface area contributed by atoms with Crippen LogP contribution in [0.25, 0.3) is 0 Å². The van der Waals surface area contributed by atoms with E-state index in [4.69, 9.17) is 0 Å². The van der Waals surface area contributed by atoms with Crippen molar-refractivity contribution < 1.29 is 8.42 Å². The molecule has 0 saturated heterocycles. The Morgan fingerprint density at radius 2 is 1.93 bits per heavy atom. The van der Waals surface area contributed by atoms with Gasteiger partial charge in [-0.25, -0.2) is 8.42 Å². The summed E-state index contributed by atoms with van der Waals surface area (Å²) in [7, 11) is -3.03. The van der Waals surface area contributed by atoms with Gasteiger partial charge in [-0.3, -0.25) is 0 Å². The molecule has 0 saturated carbocycles. The van der Waals surface area contributed by atoms with Gasteiger partial charge in [-0.2, -0.15) is 4.31 Å². The van der Waals surface area contributed by atoms with Crippen LogP contribution in [0.4, 0.5) is 0 Å². The highest BCUT2D eigenvalue weighted by molar-refractivity contribution is 7.88. The van der Waals surface area contributed by atoms with Crippen LogP contribution < -0.4 is 0 Å². The number of hydrogen-bond acceptors (Lipinski definition) is 2. The third-order valence-electron chi connectivity index (χ3n) is 2.55. The molecule has 0 aromatic rings. The number of rotatable bonds is 1. The van der Waals surface area contributed by atoms with Crippen LogP contribution in [0.15, 0.2) is 11.6 Å². The van der Waals surface area contributed by atoms with Gasteiger partial charge in [-0.1, -0.05) is 32.4 Å². The van der Waals surface area contributed by atoms with Gasteiger partial charge in [0.05, 0.1) is 6.26 Å². The second kappa shape index (κ2) is 3.66. The molecule has 14 heavy (non-hydrogen) atoms. The van der Waals surface area contributed by atoms with Crippen molar-refractivity contribution >= 4 is 10.0 Å². The Morgan fingerprint density at radius 3 is 2.36 bits per heavy atom. The maximum atomic E-state index is 11.4. The monoisotopic (exact) mass is 217 g/mol. The van der Waals surface area contributed by atoms with Crippen LogP contribution in [0.3, 0.4) is 0 Å². The highest BCUT2D eigenvalue weighted by atomic mass is 32.2. The van der Waals surface area contributed by atoms with Gasteiger partial charge in [-0.05, 0) is 11.8 Å². The van der Waals surface area contributed by atoms with Crippen molar-refractivity contribution in [2.45, 2.75) is 27.2 Å². The first-order valence-electron chi connectivity index (χ1n) is 4.86. The van der Waals surface area contributed by atoms with Gasteiger partial charge >= 0.3 is 0 Å². The van der Waals surface area contributed by atoms with Crippen molar-refractivity contribution in [1.29, 1.82) is 0 Å². The van der Waals surface area contributed by atoms with E-state index < -0.39 is 10.0 Å². The molecule has 0 spiro atoms. The summed E-state index contributed by atoms with van der Waals surface area (Å²) >= 11 is 0. The van der Waals surface area contributed by atoms with Crippen molar-refractivity contribution in [3.63, 3.8) is 0 Å². The average molecular weight is 217 g/mol. The Kier molecular flexibility index (Phi) is 3.07. The Morgan fingerprint density at radius 1 is 1.36 bits per heavy atom. The van der Waals surface area contributed by atoms with Gasteiger partial charge in [0.25, 0.3) is 0 Å². The predicted octanol–water partition coefficient (Wildman–Crippen LogP) is 1.62. The fourth-order valence-corrected chi connectivity index (χ4v) is 2.35. The zero-order valence-electron chi connectivity index (χ0n) is 9.37. The Labute approximate surface area is 86.8 Å². The van der Waals surface area contributed by atoms with E-state index in [2.05, 4.69) is 26.8 Å². The van der Waals surface area contributed by atoms with Gasteiger partial charge in [-0.15, -0.1) is 0 Å². The van der Waals surface area contributed by atoms with Crippen molar-refractivity contribution in [1.82, 2.24) is 4.31 Å². The summed E-state index contributed by atoms with van der Waals surface area (Å²) in [5.41, 5.74) is 1.29. The summed E-state index contributed by atoms with van der Waals surface area (Å²) in [5.74, 6) is 0. The highest BCUT2D eigenvalue weighted by Gasteiger charge is 2.26. The van der Waals surface area contributed by atoms with Crippen molar-refractivity contribution in [2.24, 2.45) is 5.41 Å². The lowest BCUT2D eigenvalue weighted by Gasteiger charge is -2.32. The number of sulfonamides is 1. The fraction of sp³-hybridized carbons (Fsp3) is 0.800. The summed E-state index contributed by atoms with van der Waals surface area (Å²) in [6, 6.07) is 0. The molecule has 1 aliphatic rings. The molecule has 1 rings (SSSR count). The molecule has 82 valence electrons. The van der Waals surface area contributed by atoms with E-state index in [9.17, 15) is 8.42 Å². The minimum atomic E-state index is -3.03. The summed E-state index contributed by atoms with van der Waals surface area (Å²) in [5, 5.41) is 0. The largest absolute Gasteiger partial charge is 0.212 e. The van der Waals surface area contributed by atoms with Gasteiger partial charge in [0, 0.05) is 13.1 Å². The second-order valence-electron chi connectivity index (χ2n) is 4.86. The molecule has 0 bridgehead atoms. The molecule has 0 unspecified atom stereocenters. The first-order valence-corrected chi connectivity index (χ1v) is 6.71. The maximum Gasteiger partial charge on any atom is 0.211 e. The highest BCUT2D eigenvalue weighted by Crippen LogP contribution is 2.29. The lowest BCUT2D eigenvalue weighted by atomic mass is 9.85. The SMILES string of the molecule is CC(C)(C)C1=CCCN(S(C)(=O)=O)C1. The van der Waals surface area contributed by atoms with Crippen LogP contribution in [0.5, 0.6) is 0 Å². The van der Waals surface area contributed by atoms with Gasteiger partial charge in [0.15, 0.2) is 0 Å². The minimum absolute atomic E-state index is 0.0728. The normalized spacial score (nSPS) is 20.7. The summed E-state index contributed by atoms with van der Waals surface area (Å²) in [4.78, 5) is 0. The van der Waals surface area contributed by atoms with Crippen LogP contribution in [0.2, 0.25) is 0 Å². The Balaban J connectivity index is 2.83.